The number of morpholine rings is 1. The van der Waals surface area contributed by atoms with E-state index in [9.17, 15) is 4.79 Å². The molecule has 1 fully saturated rings. The van der Waals surface area contributed by atoms with E-state index >= 15 is 0 Å². The van der Waals surface area contributed by atoms with Gasteiger partial charge in [0.2, 0.25) is 0 Å². The molecule has 0 radical (unpaired) electrons. The highest BCUT2D eigenvalue weighted by atomic mass is 16.5. The number of rotatable bonds is 5. The molecule has 3 rings (SSSR count). The zero-order valence-electron chi connectivity index (χ0n) is 14.5. The number of aromatic nitrogens is 3. The van der Waals surface area contributed by atoms with Crippen molar-refractivity contribution < 1.29 is 9.53 Å². The molecular formula is C17H25N5O2. The van der Waals surface area contributed by atoms with E-state index in [2.05, 4.69) is 34.1 Å². The number of hydrogen-bond donors (Lipinski definition) is 1. The number of fused-ring (bicyclic) bond motifs is 1. The number of nitrogens with one attached hydrogen (secondary N) is 1. The molecular weight excluding hydrogens is 306 g/mol. The summed E-state index contributed by atoms with van der Waals surface area (Å²) in [6.45, 7) is 10.3. The Kier molecular flexibility index (Phi) is 5.11. The maximum absolute atomic E-state index is 12.5. The predicted molar refractivity (Wildman–Crippen MR) is 92.1 cm³/mol. The highest BCUT2D eigenvalue weighted by Crippen LogP contribution is 2.16. The predicted octanol–water partition coefficient (Wildman–Crippen LogP) is 1.46. The Balaban J connectivity index is 1.65. The van der Waals surface area contributed by atoms with Gasteiger partial charge in [-0.25, -0.2) is 9.67 Å². The fourth-order valence-electron chi connectivity index (χ4n) is 2.97. The average Bonchev–Trinajstić information content (AvgIpc) is 2.98. The number of carbonyl (C=O) groups is 1. The minimum Gasteiger partial charge on any atom is -0.379 e. The molecule has 0 saturated carbocycles. The van der Waals surface area contributed by atoms with Crippen molar-refractivity contribution in [3.8, 4) is 0 Å². The van der Waals surface area contributed by atoms with Gasteiger partial charge in [0.05, 0.1) is 25.0 Å². The molecule has 1 amide bonds. The summed E-state index contributed by atoms with van der Waals surface area (Å²) in [4.78, 5) is 19.2. The lowest BCUT2D eigenvalue weighted by Gasteiger charge is -2.29. The standard InChI is InChI=1S/C17H25N5O2/c1-12(2)22-16-14(10-19-22)8-15(9-18-16)17(23)20-13(3)11-21-4-6-24-7-5-21/h8-10,12-13H,4-7,11H2,1-3H3,(H,20,23). The van der Waals surface area contributed by atoms with E-state index in [4.69, 9.17) is 4.74 Å². The second-order valence-corrected chi connectivity index (χ2v) is 6.61. The minimum atomic E-state index is -0.0949. The van der Waals surface area contributed by atoms with Crippen LogP contribution in [0.1, 0.15) is 37.2 Å². The van der Waals surface area contributed by atoms with Crippen molar-refractivity contribution in [1.82, 2.24) is 25.0 Å². The lowest BCUT2D eigenvalue weighted by atomic mass is 10.2. The van der Waals surface area contributed by atoms with Crippen molar-refractivity contribution in [1.29, 1.82) is 0 Å². The van der Waals surface area contributed by atoms with Crippen molar-refractivity contribution in [2.24, 2.45) is 0 Å². The SMILES string of the molecule is CC(CN1CCOCC1)NC(=O)c1cnc2c(cnn2C(C)C)c1. The van der Waals surface area contributed by atoms with E-state index < -0.39 is 0 Å². The summed E-state index contributed by atoms with van der Waals surface area (Å²) in [5.41, 5.74) is 1.38. The van der Waals surface area contributed by atoms with Crippen LogP contribution < -0.4 is 5.32 Å². The van der Waals surface area contributed by atoms with E-state index in [1.54, 1.807) is 12.4 Å². The molecule has 7 heteroatoms. The average molecular weight is 331 g/mol. The maximum atomic E-state index is 12.5. The summed E-state index contributed by atoms with van der Waals surface area (Å²) in [6, 6.07) is 2.17. The van der Waals surface area contributed by atoms with E-state index in [0.717, 1.165) is 43.9 Å². The second-order valence-electron chi connectivity index (χ2n) is 6.61. The normalized spacial score (nSPS) is 17.3. The molecule has 24 heavy (non-hydrogen) atoms. The molecule has 0 aliphatic carbocycles. The summed E-state index contributed by atoms with van der Waals surface area (Å²) >= 11 is 0. The van der Waals surface area contributed by atoms with Crippen LogP contribution in [0.5, 0.6) is 0 Å². The first-order chi connectivity index (χ1) is 11.5. The van der Waals surface area contributed by atoms with Crippen molar-refractivity contribution in [2.75, 3.05) is 32.8 Å². The Morgan fingerprint density at radius 1 is 1.29 bits per heavy atom. The van der Waals surface area contributed by atoms with E-state index in [1.165, 1.54) is 0 Å². The topological polar surface area (TPSA) is 72.3 Å². The first kappa shape index (κ1) is 16.9. The molecule has 0 aromatic carbocycles. The molecule has 0 bridgehead atoms. The first-order valence-corrected chi connectivity index (χ1v) is 8.49. The molecule has 1 N–H and O–H groups in total. The molecule has 0 spiro atoms. The molecule has 1 aliphatic rings. The first-order valence-electron chi connectivity index (χ1n) is 8.49. The Labute approximate surface area is 142 Å². The molecule has 2 aromatic rings. The number of ether oxygens (including phenoxy) is 1. The van der Waals surface area contributed by atoms with E-state index in [1.807, 2.05) is 17.7 Å². The van der Waals surface area contributed by atoms with Gasteiger partial charge in [0.25, 0.3) is 5.91 Å². The Morgan fingerprint density at radius 2 is 2.04 bits per heavy atom. The van der Waals surface area contributed by atoms with Gasteiger partial charge < -0.3 is 10.1 Å². The van der Waals surface area contributed by atoms with Gasteiger partial charge in [-0.1, -0.05) is 0 Å². The maximum Gasteiger partial charge on any atom is 0.253 e. The van der Waals surface area contributed by atoms with Gasteiger partial charge in [-0.2, -0.15) is 5.10 Å². The van der Waals surface area contributed by atoms with E-state index in [0.29, 0.717) is 5.56 Å². The number of hydrogen-bond acceptors (Lipinski definition) is 5. The monoisotopic (exact) mass is 331 g/mol. The molecule has 2 aromatic heterocycles. The third-order valence-corrected chi connectivity index (χ3v) is 4.20. The molecule has 1 saturated heterocycles. The van der Waals surface area contributed by atoms with Crippen LogP contribution in [0, 0.1) is 0 Å². The molecule has 1 unspecified atom stereocenters. The molecule has 7 nitrogen and oxygen atoms in total. The Bertz CT molecular complexity index is 706. The Hall–Kier alpha value is -1.99. The Morgan fingerprint density at radius 3 is 2.75 bits per heavy atom. The van der Waals surface area contributed by atoms with Crippen molar-refractivity contribution in [3.63, 3.8) is 0 Å². The summed E-state index contributed by atoms with van der Waals surface area (Å²) in [7, 11) is 0. The van der Waals surface area contributed by atoms with Gasteiger partial charge in [-0.15, -0.1) is 0 Å². The summed E-state index contributed by atoms with van der Waals surface area (Å²) in [5, 5.41) is 8.27. The van der Waals surface area contributed by atoms with Crippen LogP contribution in [0.3, 0.4) is 0 Å². The number of carbonyl (C=O) groups excluding carboxylic acids is 1. The van der Waals surface area contributed by atoms with Gasteiger partial charge in [0.1, 0.15) is 0 Å². The zero-order chi connectivity index (χ0) is 17.1. The van der Waals surface area contributed by atoms with Crippen molar-refractivity contribution in [3.05, 3.63) is 24.0 Å². The quantitative estimate of drug-likeness (QED) is 0.898. The lowest BCUT2D eigenvalue weighted by Crippen LogP contribution is -2.46. The largest absolute Gasteiger partial charge is 0.379 e. The third kappa shape index (κ3) is 3.73. The van der Waals surface area contributed by atoms with Gasteiger partial charge in [0, 0.05) is 43.3 Å². The van der Waals surface area contributed by atoms with Crippen LogP contribution in [-0.2, 0) is 4.74 Å². The number of pyridine rings is 1. The fraction of sp³-hybridized carbons (Fsp3) is 0.588. The molecule has 1 atom stereocenters. The van der Waals surface area contributed by atoms with Gasteiger partial charge >= 0.3 is 0 Å². The lowest BCUT2D eigenvalue weighted by molar-refractivity contribution is 0.0342. The van der Waals surface area contributed by atoms with Gasteiger partial charge in [0.15, 0.2) is 5.65 Å². The van der Waals surface area contributed by atoms with Gasteiger partial charge in [-0.05, 0) is 26.8 Å². The second kappa shape index (κ2) is 7.27. The summed E-state index contributed by atoms with van der Waals surface area (Å²) < 4.78 is 7.21. The minimum absolute atomic E-state index is 0.0738. The third-order valence-electron chi connectivity index (χ3n) is 4.20. The molecule has 130 valence electrons. The van der Waals surface area contributed by atoms with Crippen LogP contribution in [0.4, 0.5) is 0 Å². The van der Waals surface area contributed by atoms with Crippen molar-refractivity contribution >= 4 is 16.9 Å². The number of nitrogens with zero attached hydrogens (tertiary/aromatic N) is 4. The number of amides is 1. The molecule has 1 aliphatic heterocycles. The fourth-order valence-corrected chi connectivity index (χ4v) is 2.97. The van der Waals surface area contributed by atoms with E-state index in [-0.39, 0.29) is 18.0 Å². The smallest absolute Gasteiger partial charge is 0.253 e. The van der Waals surface area contributed by atoms with Crippen LogP contribution in [0.25, 0.3) is 11.0 Å². The highest BCUT2D eigenvalue weighted by molar-refractivity contribution is 5.96. The van der Waals surface area contributed by atoms with Gasteiger partial charge in [-0.3, -0.25) is 9.69 Å². The molecule has 3 heterocycles. The van der Waals surface area contributed by atoms with Crippen LogP contribution in [-0.4, -0.2) is 64.5 Å². The van der Waals surface area contributed by atoms with Crippen LogP contribution in [0.2, 0.25) is 0 Å². The highest BCUT2D eigenvalue weighted by Gasteiger charge is 2.17. The zero-order valence-corrected chi connectivity index (χ0v) is 14.5. The van der Waals surface area contributed by atoms with Crippen LogP contribution in [0.15, 0.2) is 18.5 Å². The van der Waals surface area contributed by atoms with Crippen LogP contribution >= 0.6 is 0 Å². The summed E-state index contributed by atoms with van der Waals surface area (Å²) in [5.74, 6) is -0.0949. The van der Waals surface area contributed by atoms with Crippen molar-refractivity contribution in [2.45, 2.75) is 32.9 Å². The summed E-state index contributed by atoms with van der Waals surface area (Å²) in [6.07, 6.45) is 3.38.